The Morgan fingerprint density at radius 2 is 2.15 bits per heavy atom. The third-order valence-corrected chi connectivity index (χ3v) is 2.95. The Morgan fingerprint density at radius 3 is 2.65 bits per heavy atom. The average Bonchev–Trinajstić information content (AvgIpc) is 3.11. The van der Waals surface area contributed by atoms with Gasteiger partial charge in [0, 0.05) is 12.2 Å². The van der Waals surface area contributed by atoms with Crippen molar-refractivity contribution in [2.45, 2.75) is 43.9 Å². The molecule has 110 valence electrons. The highest BCUT2D eigenvalue weighted by molar-refractivity contribution is 5.89. The summed E-state index contributed by atoms with van der Waals surface area (Å²) in [6, 6.07) is 1.40. The highest BCUT2D eigenvalue weighted by atomic mass is 19.4. The maximum atomic E-state index is 12.7. The number of hydrogen-bond donors (Lipinski definition) is 2. The van der Waals surface area contributed by atoms with Crippen molar-refractivity contribution in [3.05, 3.63) is 18.6 Å². The van der Waals surface area contributed by atoms with E-state index in [1.165, 1.54) is 25.5 Å². The monoisotopic (exact) mass is 288 g/mol. The number of anilines is 1. The van der Waals surface area contributed by atoms with Crippen molar-refractivity contribution in [2.75, 3.05) is 5.32 Å². The Hall–Kier alpha value is -1.86. The van der Waals surface area contributed by atoms with Crippen molar-refractivity contribution in [2.24, 2.45) is 0 Å². The van der Waals surface area contributed by atoms with Crippen LogP contribution < -0.4 is 10.6 Å². The molecule has 1 heterocycles. The molecular formula is C12H15F3N4O. The first-order valence-corrected chi connectivity index (χ1v) is 6.20. The zero-order valence-corrected chi connectivity index (χ0v) is 10.9. The van der Waals surface area contributed by atoms with Crippen LogP contribution in [0, 0.1) is 0 Å². The first kappa shape index (κ1) is 14.5. The topological polar surface area (TPSA) is 66.9 Å². The first-order valence-electron chi connectivity index (χ1n) is 6.20. The standard InChI is InChI=1S/C12H15F3N4O/c1-11(6-12(13,14)15,10(20)18-8-2-3-8)19-9-4-5-16-7-17-9/h4-5,7-8H,2-3,6H2,1H3,(H,18,20)(H,16,17,19). The smallest absolute Gasteiger partial charge is 0.356 e. The van der Waals surface area contributed by atoms with Gasteiger partial charge < -0.3 is 10.6 Å². The van der Waals surface area contributed by atoms with Crippen LogP contribution in [0.15, 0.2) is 18.6 Å². The molecule has 0 spiro atoms. The fraction of sp³-hybridized carbons (Fsp3) is 0.583. The Balaban J connectivity index is 2.15. The van der Waals surface area contributed by atoms with Crippen LogP contribution in [0.1, 0.15) is 26.2 Å². The van der Waals surface area contributed by atoms with Crippen molar-refractivity contribution in [1.82, 2.24) is 15.3 Å². The number of nitrogens with zero attached hydrogens (tertiary/aromatic N) is 2. The molecule has 0 aliphatic heterocycles. The Labute approximate surface area is 114 Å². The van der Waals surface area contributed by atoms with Crippen molar-refractivity contribution in [3.63, 3.8) is 0 Å². The zero-order chi connectivity index (χ0) is 14.8. The molecule has 8 heteroatoms. The third-order valence-electron chi connectivity index (χ3n) is 2.95. The highest BCUT2D eigenvalue weighted by Crippen LogP contribution is 2.31. The summed E-state index contributed by atoms with van der Waals surface area (Å²) in [6.07, 6.45) is -1.53. The first-order chi connectivity index (χ1) is 9.28. The molecule has 5 nitrogen and oxygen atoms in total. The van der Waals surface area contributed by atoms with Crippen LogP contribution in [-0.4, -0.2) is 33.6 Å². The van der Waals surface area contributed by atoms with E-state index in [4.69, 9.17) is 0 Å². The summed E-state index contributed by atoms with van der Waals surface area (Å²) < 4.78 is 38.1. The lowest BCUT2D eigenvalue weighted by atomic mass is 9.96. The van der Waals surface area contributed by atoms with Crippen molar-refractivity contribution in [3.8, 4) is 0 Å². The molecule has 0 bridgehead atoms. The second-order valence-corrected chi connectivity index (χ2v) is 5.09. The van der Waals surface area contributed by atoms with Gasteiger partial charge in [-0.3, -0.25) is 4.79 Å². The van der Waals surface area contributed by atoms with Crippen LogP contribution in [0.2, 0.25) is 0 Å². The van der Waals surface area contributed by atoms with Gasteiger partial charge in [0.2, 0.25) is 5.91 Å². The molecule has 0 saturated heterocycles. The molecule has 1 atom stereocenters. The molecule has 1 amide bonds. The van der Waals surface area contributed by atoms with E-state index in [2.05, 4.69) is 20.6 Å². The molecule has 1 fully saturated rings. The van der Waals surface area contributed by atoms with Gasteiger partial charge in [0.05, 0.1) is 6.42 Å². The van der Waals surface area contributed by atoms with E-state index in [0.717, 1.165) is 12.8 Å². The van der Waals surface area contributed by atoms with Crippen LogP contribution in [0.3, 0.4) is 0 Å². The van der Waals surface area contributed by atoms with E-state index in [0.29, 0.717) is 0 Å². The number of nitrogens with one attached hydrogen (secondary N) is 2. The molecular weight excluding hydrogens is 273 g/mol. The van der Waals surface area contributed by atoms with Crippen LogP contribution in [0.5, 0.6) is 0 Å². The van der Waals surface area contributed by atoms with Crippen molar-refractivity contribution < 1.29 is 18.0 Å². The average molecular weight is 288 g/mol. The van der Waals surface area contributed by atoms with Crippen LogP contribution in [0.25, 0.3) is 0 Å². The second kappa shape index (κ2) is 5.26. The molecule has 20 heavy (non-hydrogen) atoms. The fourth-order valence-electron chi connectivity index (χ4n) is 1.80. The maximum Gasteiger partial charge on any atom is 0.391 e. The molecule has 0 aromatic carbocycles. The van der Waals surface area contributed by atoms with Gasteiger partial charge >= 0.3 is 6.18 Å². The van der Waals surface area contributed by atoms with Crippen LogP contribution in [-0.2, 0) is 4.79 Å². The van der Waals surface area contributed by atoms with E-state index in [1.807, 2.05) is 0 Å². The summed E-state index contributed by atoms with van der Waals surface area (Å²) in [5.41, 5.74) is -1.80. The van der Waals surface area contributed by atoms with E-state index in [-0.39, 0.29) is 11.9 Å². The number of alkyl halides is 3. The number of aromatic nitrogens is 2. The number of halogens is 3. The Bertz CT molecular complexity index is 475. The lowest BCUT2D eigenvalue weighted by molar-refractivity contribution is -0.154. The predicted molar refractivity (Wildman–Crippen MR) is 65.9 cm³/mol. The fourth-order valence-corrected chi connectivity index (χ4v) is 1.80. The van der Waals surface area contributed by atoms with Gasteiger partial charge in [-0.2, -0.15) is 13.2 Å². The molecule has 1 aliphatic rings. The summed E-state index contributed by atoms with van der Waals surface area (Å²) >= 11 is 0. The quantitative estimate of drug-likeness (QED) is 0.868. The maximum absolute atomic E-state index is 12.7. The van der Waals surface area contributed by atoms with Crippen LogP contribution in [0.4, 0.5) is 19.0 Å². The highest BCUT2D eigenvalue weighted by Gasteiger charge is 2.45. The number of carbonyl (C=O) groups excluding carboxylic acids is 1. The molecule has 1 aromatic heterocycles. The second-order valence-electron chi connectivity index (χ2n) is 5.09. The van der Waals surface area contributed by atoms with E-state index >= 15 is 0 Å². The minimum Gasteiger partial charge on any atom is -0.356 e. The number of hydrogen-bond acceptors (Lipinski definition) is 4. The Morgan fingerprint density at radius 1 is 1.45 bits per heavy atom. The molecule has 0 radical (unpaired) electrons. The molecule has 2 N–H and O–H groups in total. The van der Waals surface area contributed by atoms with Crippen molar-refractivity contribution >= 4 is 11.7 Å². The predicted octanol–water partition coefficient (Wildman–Crippen LogP) is 1.88. The zero-order valence-electron chi connectivity index (χ0n) is 10.9. The number of amides is 1. The normalized spacial score (nSPS) is 18.2. The lowest BCUT2D eigenvalue weighted by Gasteiger charge is -2.30. The summed E-state index contributed by atoms with van der Waals surface area (Å²) in [7, 11) is 0. The molecule has 1 saturated carbocycles. The Kier molecular flexibility index (Phi) is 3.82. The molecule has 1 unspecified atom stereocenters. The lowest BCUT2D eigenvalue weighted by Crippen LogP contribution is -2.53. The van der Waals surface area contributed by atoms with Crippen LogP contribution >= 0.6 is 0 Å². The van der Waals surface area contributed by atoms with Gasteiger partial charge in [-0.1, -0.05) is 0 Å². The summed E-state index contributed by atoms with van der Waals surface area (Å²) in [6.45, 7) is 1.22. The number of carbonyl (C=O) groups is 1. The van der Waals surface area contributed by atoms with Gasteiger partial charge in [-0.25, -0.2) is 9.97 Å². The third kappa shape index (κ3) is 4.07. The molecule has 1 aliphatic carbocycles. The van der Waals surface area contributed by atoms with Gasteiger partial charge in [-0.15, -0.1) is 0 Å². The minimum absolute atomic E-state index is 0.0118. The van der Waals surface area contributed by atoms with Gasteiger partial charge in [0.1, 0.15) is 17.7 Å². The van der Waals surface area contributed by atoms with E-state index in [1.54, 1.807) is 0 Å². The number of rotatable bonds is 5. The molecule has 2 rings (SSSR count). The van der Waals surface area contributed by atoms with Gasteiger partial charge in [0.15, 0.2) is 0 Å². The van der Waals surface area contributed by atoms with E-state index < -0.39 is 24.0 Å². The summed E-state index contributed by atoms with van der Waals surface area (Å²) in [4.78, 5) is 19.6. The minimum atomic E-state index is -4.46. The summed E-state index contributed by atoms with van der Waals surface area (Å²) in [5, 5.41) is 5.15. The largest absolute Gasteiger partial charge is 0.391 e. The van der Waals surface area contributed by atoms with Crippen molar-refractivity contribution in [1.29, 1.82) is 0 Å². The van der Waals surface area contributed by atoms with E-state index in [9.17, 15) is 18.0 Å². The molecule has 1 aromatic rings. The summed E-state index contributed by atoms with van der Waals surface area (Å²) in [5.74, 6) is -0.492. The van der Waals surface area contributed by atoms with Gasteiger partial charge in [0.25, 0.3) is 0 Å². The van der Waals surface area contributed by atoms with Gasteiger partial charge in [-0.05, 0) is 25.8 Å². The SMILES string of the molecule is CC(CC(F)(F)F)(Nc1ccncn1)C(=O)NC1CC1.